The second kappa shape index (κ2) is 6.78. The first kappa shape index (κ1) is 17.1. The van der Waals surface area contributed by atoms with E-state index in [2.05, 4.69) is 22.1 Å². The highest BCUT2D eigenvalue weighted by Crippen LogP contribution is 2.38. The summed E-state index contributed by atoms with van der Waals surface area (Å²) in [6.07, 6.45) is 1.58. The van der Waals surface area contributed by atoms with Gasteiger partial charge in [-0.3, -0.25) is 0 Å². The Morgan fingerprint density at radius 2 is 1.48 bits per heavy atom. The van der Waals surface area contributed by atoms with E-state index in [0.717, 1.165) is 50.5 Å². The molecule has 0 saturated heterocycles. The molecule has 0 fully saturated rings. The molecule has 0 amide bonds. The number of anilines is 1. The summed E-state index contributed by atoms with van der Waals surface area (Å²) in [7, 11) is 0. The minimum absolute atomic E-state index is 0. The average molecular weight is 378 g/mol. The predicted molar refractivity (Wildman–Crippen MR) is 108 cm³/mol. The van der Waals surface area contributed by atoms with Crippen molar-refractivity contribution in [2.75, 3.05) is 12.5 Å². The molecule has 1 aromatic heterocycles. The normalized spacial score (nSPS) is 12.0. The number of ether oxygens (including phenoxy) is 2. The van der Waals surface area contributed by atoms with Crippen molar-refractivity contribution >= 4 is 29.0 Å². The molecule has 5 rings (SSSR count). The second-order valence-corrected chi connectivity index (χ2v) is 6.15. The van der Waals surface area contributed by atoms with Gasteiger partial charge in [-0.05, 0) is 35.4 Å². The molecule has 2 N–H and O–H groups in total. The van der Waals surface area contributed by atoms with Crippen molar-refractivity contribution in [3.8, 4) is 33.9 Å². The second-order valence-electron chi connectivity index (χ2n) is 6.15. The first-order valence-electron chi connectivity index (χ1n) is 8.29. The van der Waals surface area contributed by atoms with Crippen LogP contribution in [-0.2, 0) is 0 Å². The maximum absolute atomic E-state index is 5.93. The predicted octanol–water partition coefficient (Wildman–Crippen LogP) is 4.70. The van der Waals surface area contributed by atoms with Crippen molar-refractivity contribution in [2.45, 2.75) is 0 Å². The summed E-state index contributed by atoms with van der Waals surface area (Å²) < 4.78 is 11.0. The van der Waals surface area contributed by atoms with Crippen LogP contribution < -0.4 is 15.2 Å². The Balaban J connectivity index is 0.00000180. The highest BCUT2D eigenvalue weighted by Gasteiger charge is 2.17. The summed E-state index contributed by atoms with van der Waals surface area (Å²) in [6, 6.07) is 19.9. The summed E-state index contributed by atoms with van der Waals surface area (Å²) in [4.78, 5) is 8.90. The minimum Gasteiger partial charge on any atom is -0.454 e. The number of rotatable bonds is 2. The first-order valence-corrected chi connectivity index (χ1v) is 8.29. The minimum atomic E-state index is 0. The lowest BCUT2D eigenvalue weighted by Crippen LogP contribution is -1.92. The molecule has 3 aromatic carbocycles. The molecule has 1 aliphatic rings. The molecule has 6 heteroatoms. The molecule has 1 aliphatic heterocycles. The zero-order valence-electron chi connectivity index (χ0n) is 14.3. The average Bonchev–Trinajstić information content (AvgIpc) is 3.13. The van der Waals surface area contributed by atoms with Gasteiger partial charge in [0.2, 0.25) is 6.79 Å². The Bertz CT molecular complexity index is 1150. The summed E-state index contributed by atoms with van der Waals surface area (Å²) in [5.74, 6) is 1.44. The highest BCUT2D eigenvalue weighted by molar-refractivity contribution is 5.95. The summed E-state index contributed by atoms with van der Waals surface area (Å²) in [5.41, 5.74) is 11.5. The van der Waals surface area contributed by atoms with Gasteiger partial charge in [0.15, 0.2) is 11.5 Å². The Labute approximate surface area is 162 Å². The van der Waals surface area contributed by atoms with E-state index >= 15 is 0 Å². The van der Waals surface area contributed by atoms with Crippen LogP contribution in [0.5, 0.6) is 11.5 Å². The van der Waals surface area contributed by atoms with E-state index in [9.17, 15) is 0 Å². The molecule has 134 valence electrons. The standard InChI is InChI=1S/C21H15N3O2.ClH/c22-16-6-2-4-14(8-16)13-3-1-5-15(7-13)21-17-9-19-20(26-12-25-19)10-18(17)23-11-24-21;/h1-11H,12,22H2;1H. The number of nitrogen functional groups attached to an aromatic ring is 1. The number of nitrogens with zero attached hydrogens (tertiary/aromatic N) is 2. The van der Waals surface area contributed by atoms with E-state index in [1.54, 1.807) is 6.33 Å². The number of nitrogens with two attached hydrogens (primary N) is 1. The van der Waals surface area contributed by atoms with E-state index in [1.807, 2.05) is 48.5 Å². The first-order chi connectivity index (χ1) is 12.8. The van der Waals surface area contributed by atoms with Crippen molar-refractivity contribution in [1.82, 2.24) is 9.97 Å². The van der Waals surface area contributed by atoms with Crippen LogP contribution in [0.2, 0.25) is 0 Å². The summed E-state index contributed by atoms with van der Waals surface area (Å²) in [6.45, 7) is 0.235. The maximum Gasteiger partial charge on any atom is 0.231 e. The zero-order chi connectivity index (χ0) is 17.5. The lowest BCUT2D eigenvalue weighted by molar-refractivity contribution is 0.174. The van der Waals surface area contributed by atoms with Gasteiger partial charge in [-0.2, -0.15) is 0 Å². The highest BCUT2D eigenvalue weighted by atomic mass is 35.5. The van der Waals surface area contributed by atoms with E-state index < -0.39 is 0 Å². The van der Waals surface area contributed by atoms with Gasteiger partial charge in [-0.15, -0.1) is 12.4 Å². The van der Waals surface area contributed by atoms with Crippen LogP contribution in [0.3, 0.4) is 0 Å². The molecule has 0 saturated carbocycles. The van der Waals surface area contributed by atoms with Crippen LogP contribution in [0.15, 0.2) is 67.0 Å². The van der Waals surface area contributed by atoms with Crippen LogP contribution in [0, 0.1) is 0 Å². The Morgan fingerprint density at radius 1 is 0.778 bits per heavy atom. The van der Waals surface area contributed by atoms with Gasteiger partial charge in [0.05, 0.1) is 11.2 Å². The van der Waals surface area contributed by atoms with Crippen LogP contribution in [0.4, 0.5) is 5.69 Å². The summed E-state index contributed by atoms with van der Waals surface area (Å²) >= 11 is 0. The maximum atomic E-state index is 5.93. The molecular weight excluding hydrogens is 362 g/mol. The molecule has 2 heterocycles. The molecule has 0 atom stereocenters. The number of halogens is 1. The largest absolute Gasteiger partial charge is 0.454 e. The SMILES string of the molecule is Cl.Nc1cccc(-c2cccc(-c3ncnc4cc5c(cc34)OCO5)c2)c1. The third-order valence-corrected chi connectivity index (χ3v) is 4.49. The molecule has 5 nitrogen and oxygen atoms in total. The zero-order valence-corrected chi connectivity index (χ0v) is 15.1. The quantitative estimate of drug-likeness (QED) is 0.513. The van der Waals surface area contributed by atoms with Gasteiger partial charge in [-0.25, -0.2) is 9.97 Å². The fourth-order valence-corrected chi connectivity index (χ4v) is 3.24. The van der Waals surface area contributed by atoms with Crippen LogP contribution >= 0.6 is 12.4 Å². The third-order valence-electron chi connectivity index (χ3n) is 4.49. The number of hydrogen-bond acceptors (Lipinski definition) is 5. The van der Waals surface area contributed by atoms with E-state index in [0.29, 0.717) is 0 Å². The third kappa shape index (κ3) is 3.02. The van der Waals surface area contributed by atoms with Gasteiger partial charge in [0, 0.05) is 22.7 Å². The van der Waals surface area contributed by atoms with Crippen LogP contribution in [0.25, 0.3) is 33.3 Å². The van der Waals surface area contributed by atoms with Crippen molar-refractivity contribution < 1.29 is 9.47 Å². The van der Waals surface area contributed by atoms with E-state index in [4.69, 9.17) is 15.2 Å². The molecule has 0 radical (unpaired) electrons. The number of fused-ring (bicyclic) bond motifs is 2. The lowest BCUT2D eigenvalue weighted by Gasteiger charge is -2.09. The lowest BCUT2D eigenvalue weighted by atomic mass is 9.99. The van der Waals surface area contributed by atoms with Crippen LogP contribution in [-0.4, -0.2) is 16.8 Å². The molecule has 0 spiro atoms. The fraction of sp³-hybridized carbons (Fsp3) is 0.0476. The van der Waals surface area contributed by atoms with Crippen molar-refractivity contribution in [3.63, 3.8) is 0 Å². The van der Waals surface area contributed by atoms with Crippen molar-refractivity contribution in [1.29, 1.82) is 0 Å². The topological polar surface area (TPSA) is 70.3 Å². The fourth-order valence-electron chi connectivity index (χ4n) is 3.24. The van der Waals surface area contributed by atoms with Gasteiger partial charge < -0.3 is 15.2 Å². The Kier molecular flexibility index (Phi) is 4.30. The van der Waals surface area contributed by atoms with E-state index in [-0.39, 0.29) is 19.2 Å². The van der Waals surface area contributed by atoms with E-state index in [1.165, 1.54) is 0 Å². The molecule has 0 unspecified atom stereocenters. The number of hydrogen-bond donors (Lipinski definition) is 1. The molecule has 4 aromatic rings. The van der Waals surface area contributed by atoms with Crippen molar-refractivity contribution in [3.05, 3.63) is 67.0 Å². The summed E-state index contributed by atoms with van der Waals surface area (Å²) in [5, 5.41) is 0.932. The van der Waals surface area contributed by atoms with Gasteiger partial charge in [0.1, 0.15) is 6.33 Å². The smallest absolute Gasteiger partial charge is 0.231 e. The Hall–Kier alpha value is -3.31. The van der Waals surface area contributed by atoms with Gasteiger partial charge >= 0.3 is 0 Å². The molecule has 0 bridgehead atoms. The number of benzene rings is 3. The van der Waals surface area contributed by atoms with Gasteiger partial charge in [-0.1, -0.05) is 30.3 Å². The number of aromatic nitrogens is 2. The van der Waals surface area contributed by atoms with Gasteiger partial charge in [0.25, 0.3) is 0 Å². The monoisotopic (exact) mass is 377 g/mol. The Morgan fingerprint density at radius 3 is 2.30 bits per heavy atom. The molecule has 27 heavy (non-hydrogen) atoms. The molecule has 0 aliphatic carbocycles. The van der Waals surface area contributed by atoms with Crippen LogP contribution in [0.1, 0.15) is 0 Å². The molecular formula is C21H16ClN3O2. The van der Waals surface area contributed by atoms with Crippen molar-refractivity contribution in [2.24, 2.45) is 0 Å².